The minimum absolute atomic E-state index is 0.0990. The highest BCUT2D eigenvalue weighted by Gasteiger charge is 2.63. The predicted octanol–water partition coefficient (Wildman–Crippen LogP) is 5.71. The summed E-state index contributed by atoms with van der Waals surface area (Å²) < 4.78 is 5.73. The molecular weight excluding hydrogens is 346 g/mol. The second kappa shape index (κ2) is 8.38. The van der Waals surface area contributed by atoms with E-state index in [1.165, 1.54) is 32.1 Å². The minimum atomic E-state index is -0.148. The molecule has 0 aromatic heterocycles. The van der Waals surface area contributed by atoms with Crippen molar-refractivity contribution in [1.29, 1.82) is 0 Å². The van der Waals surface area contributed by atoms with Gasteiger partial charge in [0, 0.05) is 17.5 Å². The maximum Gasteiger partial charge on any atom is 0.156 e. The first kappa shape index (κ1) is 22.3. The largest absolute Gasteiger partial charge is 0.378 e. The van der Waals surface area contributed by atoms with E-state index in [0.29, 0.717) is 23.8 Å². The van der Waals surface area contributed by atoms with Gasteiger partial charge in [-0.25, -0.2) is 0 Å². The van der Waals surface area contributed by atoms with Gasteiger partial charge in [-0.15, -0.1) is 0 Å². The van der Waals surface area contributed by atoms with Crippen LogP contribution in [-0.4, -0.2) is 42.0 Å². The Morgan fingerprint density at radius 1 is 1.04 bits per heavy atom. The Labute approximate surface area is 174 Å². The molecular formula is C25H45NO2. The molecule has 2 aliphatic carbocycles. The molecule has 0 spiro atoms. The van der Waals surface area contributed by atoms with Gasteiger partial charge >= 0.3 is 0 Å². The van der Waals surface area contributed by atoms with Crippen LogP contribution in [0.4, 0.5) is 0 Å². The molecule has 0 amide bonds. The highest BCUT2D eigenvalue weighted by atomic mass is 16.5. The van der Waals surface area contributed by atoms with E-state index in [2.05, 4.69) is 53.4 Å². The highest BCUT2D eigenvalue weighted by Crippen LogP contribution is 2.64. The Hall–Kier alpha value is -0.410. The van der Waals surface area contributed by atoms with Crippen LogP contribution in [0, 0.1) is 28.6 Å². The summed E-state index contributed by atoms with van der Waals surface area (Å²) in [6.45, 7) is 17.9. The fourth-order valence-electron chi connectivity index (χ4n) is 7.14. The number of hydrogen-bond acceptors (Lipinski definition) is 3. The van der Waals surface area contributed by atoms with Crippen LogP contribution in [0.2, 0.25) is 0 Å². The van der Waals surface area contributed by atoms with Crippen LogP contribution in [0.15, 0.2) is 0 Å². The average Bonchev–Trinajstić information content (AvgIpc) is 2.89. The molecule has 0 radical (unpaired) electrons. The normalized spacial score (nSPS) is 43.4. The number of rotatable bonds is 6. The van der Waals surface area contributed by atoms with Crippen LogP contribution in [0.5, 0.6) is 0 Å². The van der Waals surface area contributed by atoms with Crippen molar-refractivity contribution in [3.05, 3.63) is 0 Å². The van der Waals surface area contributed by atoms with Gasteiger partial charge in [0.1, 0.15) is 0 Å². The first-order valence-corrected chi connectivity index (χ1v) is 12.0. The van der Waals surface area contributed by atoms with Crippen molar-refractivity contribution in [2.45, 2.75) is 112 Å². The number of carbonyl (C=O) groups is 1. The lowest BCUT2D eigenvalue weighted by Gasteiger charge is -2.54. The predicted molar refractivity (Wildman–Crippen MR) is 116 cm³/mol. The molecule has 1 saturated heterocycles. The summed E-state index contributed by atoms with van der Waals surface area (Å²) >= 11 is 0. The van der Waals surface area contributed by atoms with Crippen molar-refractivity contribution in [3.63, 3.8) is 0 Å². The fraction of sp³-hybridized carbons (Fsp3) is 0.960. The lowest BCUT2D eigenvalue weighted by atomic mass is 9.53. The zero-order valence-electron chi connectivity index (χ0n) is 19.6. The molecule has 0 N–H and O–H groups in total. The van der Waals surface area contributed by atoms with Crippen LogP contribution >= 0.6 is 0 Å². The van der Waals surface area contributed by atoms with E-state index in [1.54, 1.807) is 0 Å². The van der Waals surface area contributed by atoms with E-state index in [9.17, 15) is 4.79 Å². The zero-order valence-corrected chi connectivity index (χ0v) is 19.6. The van der Waals surface area contributed by atoms with Crippen LogP contribution in [0.25, 0.3) is 0 Å². The van der Waals surface area contributed by atoms with E-state index < -0.39 is 0 Å². The van der Waals surface area contributed by atoms with Gasteiger partial charge in [0.05, 0.1) is 19.3 Å². The van der Waals surface area contributed by atoms with Gasteiger partial charge in [-0.05, 0) is 62.7 Å². The second-order valence-electron chi connectivity index (χ2n) is 11.3. The third-order valence-corrected chi connectivity index (χ3v) is 9.04. The Bertz CT molecular complexity index is 551. The third-order valence-electron chi connectivity index (χ3n) is 9.04. The van der Waals surface area contributed by atoms with Crippen LogP contribution < -0.4 is 0 Å². The van der Waals surface area contributed by atoms with E-state index in [1.807, 2.05) is 0 Å². The summed E-state index contributed by atoms with van der Waals surface area (Å²) in [5.74, 6) is 2.77. The molecule has 3 nitrogen and oxygen atoms in total. The van der Waals surface area contributed by atoms with Crippen molar-refractivity contribution in [2.75, 3.05) is 13.2 Å². The molecule has 2 saturated carbocycles. The summed E-state index contributed by atoms with van der Waals surface area (Å²) in [4.78, 5) is 16.4. The summed E-state index contributed by atoms with van der Waals surface area (Å²) in [7, 11) is 0. The topological polar surface area (TPSA) is 29.5 Å². The molecule has 3 rings (SSSR count). The molecule has 3 fully saturated rings. The fourth-order valence-corrected chi connectivity index (χ4v) is 7.14. The summed E-state index contributed by atoms with van der Waals surface area (Å²) in [6.07, 6.45) is 8.56. The van der Waals surface area contributed by atoms with Crippen LogP contribution in [-0.2, 0) is 9.53 Å². The van der Waals surface area contributed by atoms with Crippen molar-refractivity contribution in [1.82, 2.24) is 4.90 Å². The molecule has 162 valence electrons. The molecule has 3 heteroatoms. The number of hydrogen-bond donors (Lipinski definition) is 0. The summed E-state index contributed by atoms with van der Waals surface area (Å²) in [6, 6.07) is 0.789. The Balaban J connectivity index is 1.74. The smallest absolute Gasteiger partial charge is 0.156 e. The van der Waals surface area contributed by atoms with Gasteiger partial charge in [-0.3, -0.25) is 9.69 Å². The number of morpholine rings is 1. The summed E-state index contributed by atoms with van der Waals surface area (Å²) in [5, 5.41) is 0. The third kappa shape index (κ3) is 3.71. The molecule has 28 heavy (non-hydrogen) atoms. The van der Waals surface area contributed by atoms with Gasteiger partial charge in [0.2, 0.25) is 0 Å². The van der Waals surface area contributed by atoms with Crippen molar-refractivity contribution < 1.29 is 9.53 Å². The van der Waals surface area contributed by atoms with Crippen molar-refractivity contribution in [3.8, 4) is 0 Å². The Morgan fingerprint density at radius 3 is 2.29 bits per heavy atom. The number of ether oxygens (including phenoxy) is 1. The molecule has 0 aromatic rings. The number of Topliss-reactive ketones (excluding diaryl/α,β-unsaturated/α-hetero) is 1. The lowest BCUT2D eigenvalue weighted by molar-refractivity contribution is -0.156. The first-order chi connectivity index (χ1) is 13.1. The SMILES string of the molecule is CC(C)CCC[C@@H](C)[C@H]1CC[C@@]2(C)C(=O)[C@@H](N3C(C)COCC3C)CC[C@]12C. The highest BCUT2D eigenvalue weighted by molar-refractivity contribution is 5.91. The molecule has 3 aliphatic rings. The number of ketones is 1. The van der Waals surface area contributed by atoms with Crippen LogP contribution in [0.3, 0.4) is 0 Å². The Morgan fingerprint density at radius 2 is 1.68 bits per heavy atom. The van der Waals surface area contributed by atoms with Gasteiger partial charge in [-0.1, -0.05) is 53.9 Å². The van der Waals surface area contributed by atoms with Gasteiger partial charge < -0.3 is 4.74 Å². The molecule has 0 bridgehead atoms. The van der Waals surface area contributed by atoms with Crippen LogP contribution in [0.1, 0.15) is 93.4 Å². The van der Waals surface area contributed by atoms with E-state index in [0.717, 1.165) is 37.9 Å². The maximum absolute atomic E-state index is 13.9. The molecule has 1 aliphatic heterocycles. The lowest BCUT2D eigenvalue weighted by Crippen LogP contribution is -2.63. The second-order valence-corrected chi connectivity index (χ2v) is 11.3. The monoisotopic (exact) mass is 391 g/mol. The quantitative estimate of drug-likeness (QED) is 0.580. The minimum Gasteiger partial charge on any atom is -0.378 e. The zero-order chi connectivity index (χ0) is 20.7. The van der Waals surface area contributed by atoms with Gasteiger partial charge in [0.25, 0.3) is 0 Å². The maximum atomic E-state index is 13.9. The van der Waals surface area contributed by atoms with Gasteiger partial charge in [-0.2, -0.15) is 0 Å². The number of fused-ring (bicyclic) bond motifs is 1. The molecule has 0 aromatic carbocycles. The van der Waals surface area contributed by atoms with E-state index >= 15 is 0 Å². The average molecular weight is 392 g/mol. The summed E-state index contributed by atoms with van der Waals surface area (Å²) in [5.41, 5.74) is 0.0290. The first-order valence-electron chi connectivity index (χ1n) is 12.0. The molecule has 7 atom stereocenters. The van der Waals surface area contributed by atoms with E-state index in [-0.39, 0.29) is 16.9 Å². The molecule has 2 unspecified atom stereocenters. The van der Waals surface area contributed by atoms with Gasteiger partial charge in [0.15, 0.2) is 5.78 Å². The Kier molecular flexibility index (Phi) is 6.67. The van der Waals surface area contributed by atoms with Crippen molar-refractivity contribution >= 4 is 5.78 Å². The van der Waals surface area contributed by atoms with Crippen molar-refractivity contribution in [2.24, 2.45) is 28.6 Å². The number of nitrogens with zero attached hydrogens (tertiary/aromatic N) is 1. The standard InChI is InChI=1S/C25H45NO2/c1-17(2)9-8-10-18(3)21-11-13-25(7)23(27)22(12-14-24(21,25)6)26-19(4)15-28-16-20(26)5/h17-22H,8-16H2,1-7H3/t18-,19?,20?,21-,22+,24-,25+/m1/s1. The molecule has 1 heterocycles. The number of carbonyl (C=O) groups excluding carboxylic acids is 1. The van der Waals surface area contributed by atoms with E-state index in [4.69, 9.17) is 4.74 Å².